The van der Waals surface area contributed by atoms with Crippen LogP contribution in [0.1, 0.15) is 29.7 Å². The fraction of sp³-hybridized carbons (Fsp3) is 0.250. The van der Waals surface area contributed by atoms with Gasteiger partial charge in [-0.25, -0.2) is 0 Å². The van der Waals surface area contributed by atoms with Gasteiger partial charge in [0.2, 0.25) is 0 Å². The number of nitrogens with two attached hydrogens (primary N) is 1. The van der Waals surface area contributed by atoms with E-state index in [2.05, 4.69) is 13.0 Å². The van der Waals surface area contributed by atoms with Crippen molar-refractivity contribution in [3.8, 4) is 5.75 Å². The van der Waals surface area contributed by atoms with Crippen molar-refractivity contribution in [2.24, 2.45) is 5.73 Å². The van der Waals surface area contributed by atoms with Crippen molar-refractivity contribution in [3.63, 3.8) is 0 Å². The normalized spacial score (nSPS) is 12.2. The van der Waals surface area contributed by atoms with Crippen LogP contribution in [0.25, 0.3) is 0 Å². The molecule has 0 saturated carbocycles. The number of rotatable bonds is 4. The highest BCUT2D eigenvalue weighted by Gasteiger charge is 2.14. The van der Waals surface area contributed by atoms with Gasteiger partial charge >= 0.3 is 0 Å². The Labute approximate surface area is 108 Å². The molecule has 0 aliphatic rings. The van der Waals surface area contributed by atoms with E-state index in [9.17, 15) is 0 Å². The van der Waals surface area contributed by atoms with Crippen molar-refractivity contribution in [2.45, 2.75) is 19.9 Å². The summed E-state index contributed by atoms with van der Waals surface area (Å²) in [6, 6.07) is 16.1. The van der Waals surface area contributed by atoms with Crippen LogP contribution in [0.5, 0.6) is 5.75 Å². The van der Waals surface area contributed by atoms with E-state index in [1.165, 1.54) is 5.56 Å². The Balaban J connectivity index is 2.40. The van der Waals surface area contributed by atoms with Gasteiger partial charge in [0.25, 0.3) is 0 Å². The lowest BCUT2D eigenvalue weighted by molar-refractivity contribution is 0.335. The largest absolute Gasteiger partial charge is 0.494 e. The van der Waals surface area contributed by atoms with Gasteiger partial charge in [-0.2, -0.15) is 0 Å². The van der Waals surface area contributed by atoms with Gasteiger partial charge in [0.15, 0.2) is 0 Å². The van der Waals surface area contributed by atoms with E-state index in [4.69, 9.17) is 10.5 Å². The molecule has 0 saturated heterocycles. The van der Waals surface area contributed by atoms with Gasteiger partial charge < -0.3 is 10.5 Å². The Morgan fingerprint density at radius 2 is 1.83 bits per heavy atom. The summed E-state index contributed by atoms with van der Waals surface area (Å²) in [6.07, 6.45) is 0. The smallest absolute Gasteiger partial charge is 0.124 e. The highest BCUT2D eigenvalue weighted by Crippen LogP contribution is 2.29. The second-order valence-corrected chi connectivity index (χ2v) is 4.36. The monoisotopic (exact) mass is 241 g/mol. The second kappa shape index (κ2) is 5.69. The lowest BCUT2D eigenvalue weighted by atomic mass is 9.97. The Bertz CT molecular complexity index is 508. The average molecular weight is 241 g/mol. The molecule has 0 radical (unpaired) electrons. The number of benzene rings is 2. The Hall–Kier alpha value is -1.80. The van der Waals surface area contributed by atoms with E-state index in [-0.39, 0.29) is 6.04 Å². The molecule has 0 bridgehead atoms. The van der Waals surface area contributed by atoms with E-state index in [0.717, 1.165) is 16.9 Å². The first kappa shape index (κ1) is 12.7. The van der Waals surface area contributed by atoms with Crippen molar-refractivity contribution < 1.29 is 4.74 Å². The molecule has 1 atom stereocenters. The molecule has 2 N–H and O–H groups in total. The fourth-order valence-electron chi connectivity index (χ4n) is 2.04. The summed E-state index contributed by atoms with van der Waals surface area (Å²) in [5.41, 5.74) is 9.68. The van der Waals surface area contributed by atoms with Gasteiger partial charge in [0.1, 0.15) is 5.75 Å². The summed E-state index contributed by atoms with van der Waals surface area (Å²) >= 11 is 0. The molecule has 0 heterocycles. The fourth-order valence-corrected chi connectivity index (χ4v) is 2.04. The quantitative estimate of drug-likeness (QED) is 0.890. The SMILES string of the molecule is CCOc1ccc(C)cc1C(N)c1ccccc1. The van der Waals surface area contributed by atoms with E-state index in [1.807, 2.05) is 49.4 Å². The lowest BCUT2D eigenvalue weighted by Crippen LogP contribution is -2.13. The van der Waals surface area contributed by atoms with Crippen LogP contribution in [0.4, 0.5) is 0 Å². The van der Waals surface area contributed by atoms with Crippen molar-refractivity contribution in [3.05, 3.63) is 65.2 Å². The van der Waals surface area contributed by atoms with E-state index in [0.29, 0.717) is 6.61 Å². The van der Waals surface area contributed by atoms with Crippen LogP contribution in [0.2, 0.25) is 0 Å². The highest BCUT2D eigenvalue weighted by molar-refractivity contribution is 5.43. The molecule has 0 aliphatic carbocycles. The maximum atomic E-state index is 6.34. The molecule has 1 unspecified atom stereocenters. The number of aryl methyl sites for hydroxylation is 1. The molecule has 94 valence electrons. The predicted octanol–water partition coefficient (Wildman–Crippen LogP) is 3.44. The predicted molar refractivity (Wildman–Crippen MR) is 74.8 cm³/mol. The van der Waals surface area contributed by atoms with Gasteiger partial charge in [0.05, 0.1) is 12.6 Å². The summed E-state index contributed by atoms with van der Waals surface area (Å²) in [7, 11) is 0. The van der Waals surface area contributed by atoms with Crippen LogP contribution in [0.3, 0.4) is 0 Å². The van der Waals surface area contributed by atoms with Crippen LogP contribution < -0.4 is 10.5 Å². The van der Waals surface area contributed by atoms with Crippen molar-refractivity contribution in [1.29, 1.82) is 0 Å². The molecule has 2 aromatic carbocycles. The molecule has 0 fully saturated rings. The van der Waals surface area contributed by atoms with Gasteiger partial charge in [0, 0.05) is 5.56 Å². The van der Waals surface area contributed by atoms with E-state index < -0.39 is 0 Å². The van der Waals surface area contributed by atoms with Crippen LogP contribution in [-0.2, 0) is 0 Å². The maximum Gasteiger partial charge on any atom is 0.124 e. The minimum atomic E-state index is -0.146. The summed E-state index contributed by atoms with van der Waals surface area (Å²) in [5, 5.41) is 0. The zero-order chi connectivity index (χ0) is 13.0. The standard InChI is InChI=1S/C16H19NO/c1-3-18-15-10-9-12(2)11-14(15)16(17)13-7-5-4-6-8-13/h4-11,16H,3,17H2,1-2H3. The van der Waals surface area contributed by atoms with Gasteiger partial charge in [-0.15, -0.1) is 0 Å². The Morgan fingerprint density at radius 3 is 2.50 bits per heavy atom. The third-order valence-corrected chi connectivity index (χ3v) is 2.96. The first-order valence-corrected chi connectivity index (χ1v) is 6.26. The second-order valence-electron chi connectivity index (χ2n) is 4.36. The first-order valence-electron chi connectivity index (χ1n) is 6.26. The first-order chi connectivity index (χ1) is 8.72. The third kappa shape index (κ3) is 2.71. The maximum absolute atomic E-state index is 6.34. The molecular formula is C16H19NO. The van der Waals surface area contributed by atoms with Gasteiger partial charge in [-0.1, -0.05) is 48.0 Å². The van der Waals surface area contributed by atoms with Crippen molar-refractivity contribution >= 4 is 0 Å². The van der Waals surface area contributed by atoms with Crippen molar-refractivity contribution in [2.75, 3.05) is 6.61 Å². The highest BCUT2D eigenvalue weighted by atomic mass is 16.5. The van der Waals surface area contributed by atoms with E-state index >= 15 is 0 Å². The van der Waals surface area contributed by atoms with Crippen LogP contribution in [0.15, 0.2) is 48.5 Å². The lowest BCUT2D eigenvalue weighted by Gasteiger charge is -2.17. The zero-order valence-corrected chi connectivity index (χ0v) is 10.9. The van der Waals surface area contributed by atoms with Gasteiger partial charge in [-0.3, -0.25) is 0 Å². The van der Waals surface area contributed by atoms with Crippen molar-refractivity contribution in [1.82, 2.24) is 0 Å². The summed E-state index contributed by atoms with van der Waals surface area (Å²) < 4.78 is 5.65. The molecule has 0 spiro atoms. The molecule has 0 amide bonds. The van der Waals surface area contributed by atoms with E-state index in [1.54, 1.807) is 0 Å². The Kier molecular flexibility index (Phi) is 4.00. The minimum absolute atomic E-state index is 0.146. The topological polar surface area (TPSA) is 35.2 Å². The Morgan fingerprint density at radius 1 is 1.11 bits per heavy atom. The number of ether oxygens (including phenoxy) is 1. The van der Waals surface area contributed by atoms with Crippen LogP contribution >= 0.6 is 0 Å². The van der Waals surface area contributed by atoms with Crippen LogP contribution in [-0.4, -0.2) is 6.61 Å². The van der Waals surface area contributed by atoms with Gasteiger partial charge in [-0.05, 0) is 25.5 Å². The zero-order valence-electron chi connectivity index (χ0n) is 10.9. The third-order valence-electron chi connectivity index (χ3n) is 2.96. The van der Waals surface area contributed by atoms with Crippen LogP contribution in [0, 0.1) is 6.92 Å². The summed E-state index contributed by atoms with van der Waals surface area (Å²) in [4.78, 5) is 0. The average Bonchev–Trinajstić information content (AvgIpc) is 2.41. The molecule has 2 rings (SSSR count). The number of hydrogen-bond donors (Lipinski definition) is 1. The summed E-state index contributed by atoms with van der Waals surface area (Å²) in [5.74, 6) is 0.874. The molecule has 2 heteroatoms. The molecule has 18 heavy (non-hydrogen) atoms. The molecule has 0 aromatic heterocycles. The molecule has 2 nitrogen and oxygen atoms in total. The summed E-state index contributed by atoms with van der Waals surface area (Å²) in [6.45, 7) is 4.70. The minimum Gasteiger partial charge on any atom is -0.494 e. The molecular weight excluding hydrogens is 222 g/mol. The molecule has 2 aromatic rings. The number of hydrogen-bond acceptors (Lipinski definition) is 2. The molecule has 0 aliphatic heterocycles.